The lowest BCUT2D eigenvalue weighted by atomic mass is 9.93. The van der Waals surface area contributed by atoms with Crippen molar-refractivity contribution in [1.29, 1.82) is 0 Å². The maximum absolute atomic E-state index is 13.9. The highest BCUT2D eigenvalue weighted by molar-refractivity contribution is 7.09. The molecule has 0 saturated heterocycles. The molecule has 1 aliphatic rings. The maximum atomic E-state index is 13.9. The number of nitrogens with zero attached hydrogens (tertiary/aromatic N) is 3. The first kappa shape index (κ1) is 39.6. The minimum absolute atomic E-state index is 0.0295. The van der Waals surface area contributed by atoms with Crippen LogP contribution in [0.4, 0.5) is 0 Å². The molecule has 270 valence electrons. The van der Waals surface area contributed by atoms with Crippen molar-refractivity contribution >= 4 is 41.0 Å². The molecule has 13 heteroatoms. The second-order valence-corrected chi connectivity index (χ2v) is 14.9. The van der Waals surface area contributed by atoms with Crippen LogP contribution in [0.5, 0.6) is 0 Å². The first-order valence-corrected chi connectivity index (χ1v) is 17.8. The predicted octanol–water partition coefficient (Wildman–Crippen LogP) is 4.48. The molecule has 7 atom stereocenters. The summed E-state index contributed by atoms with van der Waals surface area (Å²) in [5, 5.41) is 17.7. The SMILES string of the molecule is CCC(C)[C@H](NC(=O)CN(C)C)C(=O)N(C)[C@H](C[C@H](OC(C)=O)c1nc(C(=O)NC2(C[C@H](C)C(=O)O)C[C@H]2c2ccccc2)cs1)C(C)C. The number of rotatable bonds is 18. The molecule has 1 fully saturated rings. The van der Waals surface area contributed by atoms with E-state index < -0.39 is 47.5 Å². The first-order valence-electron chi connectivity index (χ1n) is 16.9. The average Bonchev–Trinajstić information content (AvgIpc) is 3.48. The Hall–Kier alpha value is -3.84. The maximum Gasteiger partial charge on any atom is 0.306 e. The Bertz CT molecular complexity index is 1460. The molecule has 0 aliphatic heterocycles. The van der Waals surface area contributed by atoms with Gasteiger partial charge in [0.1, 0.15) is 16.7 Å². The number of aliphatic carboxylic acids is 1. The van der Waals surface area contributed by atoms with Gasteiger partial charge in [0.25, 0.3) is 5.91 Å². The normalized spacial score (nSPS) is 20.1. The van der Waals surface area contributed by atoms with Crippen molar-refractivity contribution in [2.24, 2.45) is 17.8 Å². The highest BCUT2D eigenvalue weighted by Crippen LogP contribution is 2.55. The number of carboxylic acid groups (broad SMARTS) is 1. The molecular weight excluding hydrogens is 646 g/mol. The van der Waals surface area contributed by atoms with Gasteiger partial charge >= 0.3 is 11.9 Å². The topological polar surface area (TPSA) is 158 Å². The van der Waals surface area contributed by atoms with Crippen molar-refractivity contribution in [1.82, 2.24) is 25.4 Å². The summed E-state index contributed by atoms with van der Waals surface area (Å²) in [5.41, 5.74) is 0.444. The van der Waals surface area contributed by atoms with E-state index in [4.69, 9.17) is 4.74 Å². The fourth-order valence-corrected chi connectivity index (χ4v) is 7.21. The molecule has 1 aromatic carbocycles. The van der Waals surface area contributed by atoms with Crippen LogP contribution in [-0.2, 0) is 23.9 Å². The highest BCUT2D eigenvalue weighted by Gasteiger charge is 2.57. The lowest BCUT2D eigenvalue weighted by molar-refractivity contribution is -0.149. The Morgan fingerprint density at radius 3 is 2.29 bits per heavy atom. The number of carboxylic acids is 1. The van der Waals surface area contributed by atoms with E-state index in [1.54, 1.807) is 43.2 Å². The van der Waals surface area contributed by atoms with Crippen LogP contribution < -0.4 is 10.6 Å². The molecule has 3 amide bonds. The fourth-order valence-electron chi connectivity index (χ4n) is 6.37. The number of aromatic nitrogens is 1. The van der Waals surface area contributed by atoms with Crippen LogP contribution in [0.1, 0.15) is 100 Å². The van der Waals surface area contributed by atoms with Crippen LogP contribution in [-0.4, -0.2) is 94.9 Å². The number of hydrogen-bond acceptors (Lipinski definition) is 9. The molecule has 49 heavy (non-hydrogen) atoms. The monoisotopic (exact) mass is 699 g/mol. The second kappa shape index (κ2) is 17.2. The summed E-state index contributed by atoms with van der Waals surface area (Å²) >= 11 is 1.18. The third-order valence-electron chi connectivity index (χ3n) is 9.40. The number of amides is 3. The number of carbonyl (C=O) groups is 5. The van der Waals surface area contributed by atoms with Gasteiger partial charge in [-0.2, -0.15) is 0 Å². The molecular formula is C36H53N5O7S. The Labute approximate surface area is 294 Å². The minimum Gasteiger partial charge on any atom is -0.481 e. The third-order valence-corrected chi connectivity index (χ3v) is 10.3. The van der Waals surface area contributed by atoms with Gasteiger partial charge in [-0.15, -0.1) is 11.3 Å². The summed E-state index contributed by atoms with van der Waals surface area (Å²) in [7, 11) is 5.27. The zero-order chi connectivity index (χ0) is 36.6. The van der Waals surface area contributed by atoms with E-state index in [-0.39, 0.29) is 54.6 Å². The number of nitrogens with one attached hydrogen (secondary N) is 2. The van der Waals surface area contributed by atoms with Crippen molar-refractivity contribution in [3.8, 4) is 0 Å². The van der Waals surface area contributed by atoms with Crippen LogP contribution in [0.15, 0.2) is 35.7 Å². The van der Waals surface area contributed by atoms with Crippen molar-refractivity contribution < 1.29 is 33.8 Å². The van der Waals surface area contributed by atoms with Crippen LogP contribution in [0.2, 0.25) is 0 Å². The second-order valence-electron chi connectivity index (χ2n) is 14.1. The van der Waals surface area contributed by atoms with Gasteiger partial charge in [0.05, 0.1) is 12.5 Å². The molecule has 1 aliphatic carbocycles. The molecule has 1 heterocycles. The number of carbonyl (C=O) groups excluding carboxylic acids is 4. The van der Waals surface area contributed by atoms with E-state index in [2.05, 4.69) is 15.6 Å². The summed E-state index contributed by atoms with van der Waals surface area (Å²) in [5.74, 6) is -3.23. The van der Waals surface area contributed by atoms with Gasteiger partial charge in [-0.3, -0.25) is 24.0 Å². The molecule has 2 unspecified atom stereocenters. The van der Waals surface area contributed by atoms with Crippen molar-refractivity contribution in [3.05, 3.63) is 52.0 Å². The van der Waals surface area contributed by atoms with Crippen molar-refractivity contribution in [3.63, 3.8) is 0 Å². The number of benzene rings is 1. The van der Waals surface area contributed by atoms with E-state index >= 15 is 0 Å². The Morgan fingerprint density at radius 1 is 1.08 bits per heavy atom. The number of esters is 1. The summed E-state index contributed by atoms with van der Waals surface area (Å²) in [6.07, 6.45) is 0.947. The van der Waals surface area contributed by atoms with Crippen LogP contribution in [0.25, 0.3) is 0 Å². The quantitative estimate of drug-likeness (QED) is 0.191. The fraction of sp³-hybridized carbons (Fsp3) is 0.611. The van der Waals surface area contributed by atoms with Crippen molar-refractivity contribution in [2.45, 2.75) is 96.9 Å². The molecule has 0 radical (unpaired) electrons. The zero-order valence-corrected chi connectivity index (χ0v) is 31.0. The lowest BCUT2D eigenvalue weighted by Crippen LogP contribution is -2.55. The Balaban J connectivity index is 1.84. The molecule has 2 aromatic rings. The molecule has 0 spiro atoms. The first-order chi connectivity index (χ1) is 23.0. The number of ether oxygens (including phenoxy) is 1. The number of hydrogen-bond donors (Lipinski definition) is 3. The number of likely N-dealkylation sites (N-methyl/N-ethyl adjacent to an activating group) is 2. The van der Waals surface area contributed by atoms with E-state index in [0.717, 1.165) is 5.56 Å². The van der Waals surface area contributed by atoms with Gasteiger partial charge in [-0.1, -0.05) is 71.4 Å². The van der Waals surface area contributed by atoms with Crippen LogP contribution in [0, 0.1) is 17.8 Å². The highest BCUT2D eigenvalue weighted by atomic mass is 32.1. The largest absolute Gasteiger partial charge is 0.481 e. The summed E-state index contributed by atoms with van der Waals surface area (Å²) < 4.78 is 5.74. The Kier molecular flexibility index (Phi) is 13.9. The molecule has 3 N–H and O–H groups in total. The average molecular weight is 700 g/mol. The van der Waals surface area contributed by atoms with E-state index in [1.165, 1.54) is 18.3 Å². The van der Waals surface area contributed by atoms with Crippen LogP contribution in [0.3, 0.4) is 0 Å². The summed E-state index contributed by atoms with van der Waals surface area (Å²) in [6.45, 7) is 10.9. The molecule has 1 aromatic heterocycles. The lowest BCUT2D eigenvalue weighted by Gasteiger charge is -2.37. The molecule has 0 bridgehead atoms. The van der Waals surface area contributed by atoms with E-state index in [9.17, 15) is 29.1 Å². The van der Waals surface area contributed by atoms with E-state index in [0.29, 0.717) is 17.8 Å². The van der Waals surface area contributed by atoms with E-state index in [1.807, 2.05) is 58.0 Å². The molecule has 1 saturated carbocycles. The van der Waals surface area contributed by atoms with Crippen molar-refractivity contribution in [2.75, 3.05) is 27.7 Å². The summed E-state index contributed by atoms with van der Waals surface area (Å²) in [4.78, 5) is 72.2. The van der Waals surface area contributed by atoms with Crippen LogP contribution >= 0.6 is 11.3 Å². The minimum atomic E-state index is -0.929. The standard InChI is InChI=1S/C36H53N5O7S/c1-10-22(4)31(38-30(43)19-40(7)8)34(45)41(9)28(21(2)3)16-29(48-24(6)42)33-37-27(20-49-33)32(44)39-36(17-23(5)35(46)47)18-26(36)25-14-12-11-13-15-25/h11-15,20-23,26,28-29,31H,10,16-19H2,1-9H3,(H,38,43)(H,39,44)(H,46,47)/t22?,23-,26-,28+,29-,31-,36?/m0/s1. The van der Waals surface area contributed by atoms with Gasteiger partial charge in [-0.25, -0.2) is 4.98 Å². The smallest absolute Gasteiger partial charge is 0.306 e. The van der Waals surface area contributed by atoms with Gasteiger partial charge < -0.3 is 30.3 Å². The molecule has 12 nitrogen and oxygen atoms in total. The zero-order valence-electron chi connectivity index (χ0n) is 30.2. The van der Waals surface area contributed by atoms with Gasteiger partial charge in [0, 0.05) is 43.3 Å². The Morgan fingerprint density at radius 2 is 1.73 bits per heavy atom. The predicted molar refractivity (Wildman–Crippen MR) is 188 cm³/mol. The third kappa shape index (κ3) is 10.6. The summed E-state index contributed by atoms with van der Waals surface area (Å²) in [6, 6.07) is 8.58. The van der Waals surface area contributed by atoms with Gasteiger partial charge in [0.15, 0.2) is 6.10 Å². The number of thiazole rings is 1. The molecule has 3 rings (SSSR count). The van der Waals surface area contributed by atoms with Gasteiger partial charge in [0.2, 0.25) is 11.8 Å². The van der Waals surface area contributed by atoms with Gasteiger partial charge in [-0.05, 0) is 44.3 Å².